The predicted octanol–water partition coefficient (Wildman–Crippen LogP) is 3.39. The number of halogens is 1. The van der Waals surface area contributed by atoms with Gasteiger partial charge in [-0.2, -0.15) is 0 Å². The second-order valence-corrected chi connectivity index (χ2v) is 7.20. The molecule has 124 valence electrons. The summed E-state index contributed by atoms with van der Waals surface area (Å²) in [4.78, 5) is 26.5. The average Bonchev–Trinajstić information content (AvgIpc) is 2.92. The summed E-state index contributed by atoms with van der Waals surface area (Å²) in [5.41, 5.74) is 0.767. The number of hydrogen-bond donors (Lipinski definition) is 1. The standard InChI is InChI=1S/C18H23ClN2O2/c1-12-5-2-3-8-16(12)20-18(23)13-9-17(22)21(11-13)15-7-4-6-14(19)10-15/h4,6-7,10,12-13,16H,2-3,5,8-9,11H2,1H3,(H,20,23)/t12-,13+,16-/m1/s1. The van der Waals surface area contributed by atoms with Crippen molar-refractivity contribution >= 4 is 29.1 Å². The van der Waals surface area contributed by atoms with Crippen LogP contribution in [0.25, 0.3) is 0 Å². The second kappa shape index (κ2) is 6.91. The van der Waals surface area contributed by atoms with Gasteiger partial charge in [0.2, 0.25) is 11.8 Å². The zero-order chi connectivity index (χ0) is 16.4. The zero-order valence-corrected chi connectivity index (χ0v) is 14.2. The molecule has 5 heteroatoms. The van der Waals surface area contributed by atoms with E-state index in [0.29, 0.717) is 17.5 Å². The summed E-state index contributed by atoms with van der Waals surface area (Å²) >= 11 is 6.00. The molecule has 4 nitrogen and oxygen atoms in total. The van der Waals surface area contributed by atoms with E-state index in [9.17, 15) is 9.59 Å². The van der Waals surface area contributed by atoms with Crippen LogP contribution in [0.2, 0.25) is 5.02 Å². The van der Waals surface area contributed by atoms with E-state index in [-0.39, 0.29) is 30.2 Å². The summed E-state index contributed by atoms with van der Waals surface area (Å²) in [6, 6.07) is 7.48. The van der Waals surface area contributed by atoms with Gasteiger partial charge in [0.1, 0.15) is 0 Å². The van der Waals surface area contributed by atoms with Crippen LogP contribution in [0.15, 0.2) is 24.3 Å². The maximum Gasteiger partial charge on any atom is 0.227 e. The van der Waals surface area contributed by atoms with Crippen LogP contribution in [0.1, 0.15) is 39.0 Å². The summed E-state index contributed by atoms with van der Waals surface area (Å²) in [7, 11) is 0. The van der Waals surface area contributed by atoms with E-state index >= 15 is 0 Å². The Morgan fingerprint density at radius 2 is 2.09 bits per heavy atom. The van der Waals surface area contributed by atoms with Crippen LogP contribution in [0, 0.1) is 11.8 Å². The molecule has 3 atom stereocenters. The van der Waals surface area contributed by atoms with E-state index in [4.69, 9.17) is 11.6 Å². The molecule has 1 N–H and O–H groups in total. The van der Waals surface area contributed by atoms with Crippen molar-refractivity contribution in [1.29, 1.82) is 0 Å². The normalized spacial score (nSPS) is 28.0. The maximum absolute atomic E-state index is 12.5. The van der Waals surface area contributed by atoms with Crippen LogP contribution in [0.5, 0.6) is 0 Å². The van der Waals surface area contributed by atoms with Crippen molar-refractivity contribution in [2.45, 2.75) is 45.1 Å². The molecule has 1 saturated carbocycles. The number of benzene rings is 1. The Kier molecular flexibility index (Phi) is 4.90. The van der Waals surface area contributed by atoms with E-state index in [1.54, 1.807) is 17.0 Å². The van der Waals surface area contributed by atoms with Crippen LogP contribution in [0.4, 0.5) is 5.69 Å². The fourth-order valence-electron chi connectivity index (χ4n) is 3.61. The van der Waals surface area contributed by atoms with Gasteiger partial charge in [-0.15, -0.1) is 0 Å². The highest BCUT2D eigenvalue weighted by atomic mass is 35.5. The van der Waals surface area contributed by atoms with Gasteiger partial charge in [0.25, 0.3) is 0 Å². The zero-order valence-electron chi connectivity index (χ0n) is 13.4. The molecule has 1 saturated heterocycles. The number of anilines is 1. The largest absolute Gasteiger partial charge is 0.353 e. The average molecular weight is 335 g/mol. The van der Waals surface area contributed by atoms with E-state index < -0.39 is 0 Å². The molecule has 3 rings (SSSR count). The Morgan fingerprint density at radius 3 is 2.83 bits per heavy atom. The highest BCUT2D eigenvalue weighted by Crippen LogP contribution is 2.28. The number of amides is 2. The number of nitrogens with zero attached hydrogens (tertiary/aromatic N) is 1. The molecule has 1 heterocycles. The van der Waals surface area contributed by atoms with Gasteiger partial charge >= 0.3 is 0 Å². The Hall–Kier alpha value is -1.55. The molecule has 23 heavy (non-hydrogen) atoms. The summed E-state index contributed by atoms with van der Waals surface area (Å²) in [5, 5.41) is 3.77. The minimum absolute atomic E-state index is 0.0101. The molecule has 1 aliphatic heterocycles. The molecule has 0 aromatic heterocycles. The Balaban J connectivity index is 1.63. The van der Waals surface area contributed by atoms with Gasteiger partial charge in [-0.25, -0.2) is 0 Å². The van der Waals surface area contributed by atoms with E-state index in [0.717, 1.165) is 12.1 Å². The molecule has 1 aromatic carbocycles. The van der Waals surface area contributed by atoms with Crippen molar-refractivity contribution < 1.29 is 9.59 Å². The lowest BCUT2D eigenvalue weighted by molar-refractivity contribution is -0.127. The van der Waals surface area contributed by atoms with Gasteiger partial charge in [-0.1, -0.05) is 37.4 Å². The minimum Gasteiger partial charge on any atom is -0.353 e. The number of rotatable bonds is 3. The molecule has 0 bridgehead atoms. The van der Waals surface area contributed by atoms with Crippen LogP contribution in [-0.4, -0.2) is 24.4 Å². The Bertz CT molecular complexity index is 604. The molecular weight excluding hydrogens is 312 g/mol. The lowest BCUT2D eigenvalue weighted by atomic mass is 9.85. The molecule has 0 radical (unpaired) electrons. The smallest absolute Gasteiger partial charge is 0.227 e. The number of carbonyl (C=O) groups is 2. The molecule has 1 aromatic rings. The lowest BCUT2D eigenvalue weighted by Crippen LogP contribution is -2.44. The van der Waals surface area contributed by atoms with Gasteiger partial charge in [0, 0.05) is 29.7 Å². The summed E-state index contributed by atoms with van der Waals surface area (Å²) in [6.45, 7) is 2.63. The molecule has 0 unspecified atom stereocenters. The quantitative estimate of drug-likeness (QED) is 0.921. The highest BCUT2D eigenvalue weighted by molar-refractivity contribution is 6.30. The monoisotopic (exact) mass is 334 g/mol. The summed E-state index contributed by atoms with van der Waals surface area (Å²) in [5.74, 6) is 0.259. The van der Waals surface area contributed by atoms with Gasteiger partial charge < -0.3 is 10.2 Å². The van der Waals surface area contributed by atoms with Crippen LogP contribution in [-0.2, 0) is 9.59 Å². The van der Waals surface area contributed by atoms with Crippen LogP contribution < -0.4 is 10.2 Å². The van der Waals surface area contributed by atoms with E-state index in [1.165, 1.54) is 19.3 Å². The molecule has 0 spiro atoms. The Labute approximate surface area is 142 Å². The first-order valence-corrected chi connectivity index (χ1v) is 8.78. The first kappa shape index (κ1) is 16.3. The predicted molar refractivity (Wildman–Crippen MR) is 91.5 cm³/mol. The maximum atomic E-state index is 12.5. The van der Waals surface area contributed by atoms with Gasteiger partial charge in [-0.05, 0) is 37.0 Å². The molecular formula is C18H23ClN2O2. The topological polar surface area (TPSA) is 49.4 Å². The lowest BCUT2D eigenvalue weighted by Gasteiger charge is -2.30. The van der Waals surface area contributed by atoms with Crippen LogP contribution >= 0.6 is 11.6 Å². The first-order valence-electron chi connectivity index (χ1n) is 8.41. The van der Waals surface area contributed by atoms with Crippen molar-refractivity contribution in [3.63, 3.8) is 0 Å². The van der Waals surface area contributed by atoms with Crippen LogP contribution in [0.3, 0.4) is 0 Å². The fourth-order valence-corrected chi connectivity index (χ4v) is 3.79. The fraction of sp³-hybridized carbons (Fsp3) is 0.556. The van der Waals surface area contributed by atoms with Gasteiger partial charge in [-0.3, -0.25) is 9.59 Å². The van der Waals surface area contributed by atoms with Gasteiger partial charge in [0.05, 0.1) is 5.92 Å². The first-order chi connectivity index (χ1) is 11.0. The van der Waals surface area contributed by atoms with Crippen molar-refractivity contribution in [2.24, 2.45) is 11.8 Å². The minimum atomic E-state index is -0.268. The SMILES string of the molecule is C[C@@H]1CCCC[C@H]1NC(=O)[C@H]1CC(=O)N(c2cccc(Cl)c2)C1. The third-order valence-corrected chi connectivity index (χ3v) is 5.29. The summed E-state index contributed by atoms with van der Waals surface area (Å²) in [6.07, 6.45) is 4.92. The molecule has 2 aliphatic rings. The van der Waals surface area contributed by atoms with Crippen molar-refractivity contribution in [3.8, 4) is 0 Å². The summed E-state index contributed by atoms with van der Waals surface area (Å²) < 4.78 is 0. The van der Waals surface area contributed by atoms with Crippen molar-refractivity contribution in [2.75, 3.05) is 11.4 Å². The Morgan fingerprint density at radius 1 is 1.30 bits per heavy atom. The van der Waals surface area contributed by atoms with E-state index in [2.05, 4.69) is 12.2 Å². The van der Waals surface area contributed by atoms with E-state index in [1.807, 2.05) is 12.1 Å². The highest BCUT2D eigenvalue weighted by Gasteiger charge is 2.36. The molecule has 2 fully saturated rings. The number of hydrogen-bond acceptors (Lipinski definition) is 2. The van der Waals surface area contributed by atoms with Crippen molar-refractivity contribution in [1.82, 2.24) is 5.32 Å². The molecule has 2 amide bonds. The number of nitrogens with one attached hydrogen (secondary N) is 1. The molecule has 1 aliphatic carbocycles. The van der Waals surface area contributed by atoms with Gasteiger partial charge in [0.15, 0.2) is 0 Å². The third-order valence-electron chi connectivity index (χ3n) is 5.05. The second-order valence-electron chi connectivity index (χ2n) is 6.76. The van der Waals surface area contributed by atoms with Crippen molar-refractivity contribution in [3.05, 3.63) is 29.3 Å². The number of carbonyl (C=O) groups excluding carboxylic acids is 2. The third kappa shape index (κ3) is 3.69.